The molecule has 2 aromatic rings. The molecule has 0 amide bonds. The van der Waals surface area contributed by atoms with Gasteiger partial charge in [-0.15, -0.1) is 11.3 Å². The average molecular weight is 277 g/mol. The summed E-state index contributed by atoms with van der Waals surface area (Å²) < 4.78 is 5.60. The van der Waals surface area contributed by atoms with Gasteiger partial charge in [-0.05, 0) is 18.6 Å². The minimum Gasteiger partial charge on any atom is -0.487 e. The first-order valence-electron chi connectivity index (χ1n) is 6.08. The summed E-state index contributed by atoms with van der Waals surface area (Å²) in [4.78, 5) is 16.5. The maximum atomic E-state index is 11.2. The number of carboxylic acid groups (broad SMARTS) is 1. The van der Waals surface area contributed by atoms with E-state index in [-0.39, 0.29) is 4.88 Å². The lowest BCUT2D eigenvalue weighted by Crippen LogP contribution is -2.00. The number of aromatic carboxylic acids is 1. The van der Waals surface area contributed by atoms with Gasteiger partial charge in [-0.2, -0.15) is 0 Å². The number of carbonyl (C=O) groups is 1. The topological polar surface area (TPSA) is 59.4 Å². The van der Waals surface area contributed by atoms with Gasteiger partial charge in [0.05, 0.1) is 0 Å². The van der Waals surface area contributed by atoms with Crippen molar-refractivity contribution in [1.29, 1.82) is 0 Å². The number of pyridine rings is 1. The predicted octanol–water partition coefficient (Wildman–Crippen LogP) is 3.37. The molecule has 2 rings (SSSR count). The van der Waals surface area contributed by atoms with Crippen LogP contribution in [0.3, 0.4) is 0 Å². The Morgan fingerprint density at radius 2 is 2.37 bits per heavy atom. The molecule has 0 aromatic carbocycles. The molecule has 0 unspecified atom stereocenters. The third-order valence-corrected chi connectivity index (χ3v) is 3.72. The molecule has 0 saturated heterocycles. The van der Waals surface area contributed by atoms with Gasteiger partial charge < -0.3 is 9.84 Å². The molecule has 1 N–H and O–H groups in total. The van der Waals surface area contributed by atoms with E-state index in [0.717, 1.165) is 23.3 Å². The number of rotatable bonds is 6. The van der Waals surface area contributed by atoms with Gasteiger partial charge in [-0.1, -0.05) is 19.4 Å². The van der Waals surface area contributed by atoms with Crippen molar-refractivity contribution in [2.45, 2.75) is 26.4 Å². The van der Waals surface area contributed by atoms with Gasteiger partial charge >= 0.3 is 5.97 Å². The fourth-order valence-electron chi connectivity index (χ4n) is 1.69. The van der Waals surface area contributed by atoms with Crippen molar-refractivity contribution in [1.82, 2.24) is 4.98 Å². The van der Waals surface area contributed by atoms with Crippen LogP contribution in [0.15, 0.2) is 30.6 Å². The second-order valence-electron chi connectivity index (χ2n) is 4.11. The number of carboxylic acids is 1. The summed E-state index contributed by atoms with van der Waals surface area (Å²) in [6, 6.07) is 5.55. The van der Waals surface area contributed by atoms with Crippen LogP contribution >= 0.6 is 11.3 Å². The molecule has 0 saturated carbocycles. The van der Waals surface area contributed by atoms with Gasteiger partial charge in [0.1, 0.15) is 12.4 Å². The lowest BCUT2D eigenvalue weighted by atomic mass is 10.3. The molecule has 0 aliphatic rings. The maximum Gasteiger partial charge on any atom is 0.349 e. The second-order valence-corrected chi connectivity index (χ2v) is 5.25. The Hall–Kier alpha value is -1.88. The second kappa shape index (κ2) is 6.33. The molecule has 0 atom stereocenters. The molecule has 0 spiro atoms. The van der Waals surface area contributed by atoms with E-state index in [0.29, 0.717) is 12.4 Å². The molecular weight excluding hydrogens is 262 g/mol. The van der Waals surface area contributed by atoms with Gasteiger partial charge in [-0.3, -0.25) is 4.98 Å². The number of nitrogens with zero attached hydrogens (tertiary/aromatic N) is 1. The van der Waals surface area contributed by atoms with Crippen LogP contribution in [0.4, 0.5) is 0 Å². The first kappa shape index (κ1) is 13.5. The zero-order valence-corrected chi connectivity index (χ0v) is 11.4. The standard InChI is InChI=1S/C14H15NO3S/c1-2-4-11-7-12(13(19-11)14(16)17)18-9-10-5-3-6-15-8-10/h3,5-8H,2,4,9H2,1H3,(H,16,17). The summed E-state index contributed by atoms with van der Waals surface area (Å²) in [5, 5.41) is 9.16. The third-order valence-electron chi connectivity index (χ3n) is 2.56. The van der Waals surface area contributed by atoms with Crippen LogP contribution in [0.2, 0.25) is 0 Å². The number of aryl methyl sites for hydroxylation is 1. The number of ether oxygens (including phenoxy) is 1. The lowest BCUT2D eigenvalue weighted by Gasteiger charge is -2.04. The van der Waals surface area contributed by atoms with Crippen LogP contribution < -0.4 is 4.74 Å². The van der Waals surface area contributed by atoms with Gasteiger partial charge in [0.25, 0.3) is 0 Å². The normalized spacial score (nSPS) is 10.4. The van der Waals surface area contributed by atoms with E-state index in [1.165, 1.54) is 11.3 Å². The molecular formula is C14H15NO3S. The Bertz CT molecular complexity index is 551. The monoisotopic (exact) mass is 277 g/mol. The highest BCUT2D eigenvalue weighted by atomic mass is 32.1. The van der Waals surface area contributed by atoms with E-state index in [1.54, 1.807) is 12.4 Å². The lowest BCUT2D eigenvalue weighted by molar-refractivity contribution is 0.0697. The molecule has 19 heavy (non-hydrogen) atoms. The maximum absolute atomic E-state index is 11.2. The minimum atomic E-state index is -0.937. The molecule has 100 valence electrons. The summed E-state index contributed by atoms with van der Waals surface area (Å²) in [6.45, 7) is 2.40. The largest absolute Gasteiger partial charge is 0.487 e. The fraction of sp³-hybridized carbons (Fsp3) is 0.286. The number of aromatic nitrogens is 1. The SMILES string of the molecule is CCCc1cc(OCc2cccnc2)c(C(=O)O)s1. The van der Waals surface area contributed by atoms with E-state index in [1.807, 2.05) is 18.2 Å². The molecule has 0 bridgehead atoms. The van der Waals surface area contributed by atoms with Crippen LogP contribution in [0.1, 0.15) is 33.5 Å². The molecule has 5 heteroatoms. The molecule has 0 aliphatic heterocycles. The summed E-state index contributed by atoms with van der Waals surface area (Å²) in [7, 11) is 0. The molecule has 2 heterocycles. The van der Waals surface area contributed by atoms with Crippen molar-refractivity contribution >= 4 is 17.3 Å². The highest BCUT2D eigenvalue weighted by Gasteiger charge is 2.16. The molecule has 2 aromatic heterocycles. The Balaban J connectivity index is 2.12. The van der Waals surface area contributed by atoms with E-state index in [2.05, 4.69) is 11.9 Å². The van der Waals surface area contributed by atoms with Gasteiger partial charge in [-0.25, -0.2) is 4.79 Å². The first-order chi connectivity index (χ1) is 9.20. The van der Waals surface area contributed by atoms with E-state index >= 15 is 0 Å². The molecule has 0 aliphatic carbocycles. The smallest absolute Gasteiger partial charge is 0.349 e. The summed E-state index contributed by atoms with van der Waals surface area (Å²) >= 11 is 1.29. The first-order valence-corrected chi connectivity index (χ1v) is 6.90. The van der Waals surface area contributed by atoms with Gasteiger partial charge in [0, 0.05) is 22.8 Å². The molecule has 0 radical (unpaired) electrons. The number of thiophene rings is 1. The van der Waals surface area contributed by atoms with E-state index < -0.39 is 5.97 Å². The zero-order chi connectivity index (χ0) is 13.7. The van der Waals surface area contributed by atoms with Crippen LogP contribution in [0, 0.1) is 0 Å². The van der Waals surface area contributed by atoms with Crippen molar-refractivity contribution in [2.75, 3.05) is 0 Å². The Morgan fingerprint density at radius 3 is 3.00 bits per heavy atom. The molecule has 4 nitrogen and oxygen atoms in total. The fourth-order valence-corrected chi connectivity index (χ4v) is 2.73. The van der Waals surface area contributed by atoms with Crippen LogP contribution in [-0.4, -0.2) is 16.1 Å². The zero-order valence-electron chi connectivity index (χ0n) is 10.6. The van der Waals surface area contributed by atoms with E-state index in [4.69, 9.17) is 9.84 Å². The minimum absolute atomic E-state index is 0.271. The van der Waals surface area contributed by atoms with Crippen LogP contribution in [0.5, 0.6) is 5.75 Å². The Kier molecular flexibility index (Phi) is 4.52. The third kappa shape index (κ3) is 3.54. The van der Waals surface area contributed by atoms with Gasteiger partial charge in [0.2, 0.25) is 0 Å². The summed E-state index contributed by atoms with van der Waals surface area (Å²) in [5.41, 5.74) is 0.919. The van der Waals surface area contributed by atoms with Crippen molar-refractivity contribution in [2.24, 2.45) is 0 Å². The van der Waals surface area contributed by atoms with Crippen molar-refractivity contribution in [3.63, 3.8) is 0 Å². The quantitative estimate of drug-likeness (QED) is 0.879. The highest BCUT2D eigenvalue weighted by Crippen LogP contribution is 2.30. The summed E-state index contributed by atoms with van der Waals surface area (Å²) in [5.74, 6) is -0.488. The predicted molar refractivity (Wildman–Crippen MR) is 73.8 cm³/mol. The average Bonchev–Trinajstić information content (AvgIpc) is 2.81. The number of hydrogen-bond acceptors (Lipinski definition) is 4. The summed E-state index contributed by atoms with van der Waals surface area (Å²) in [6.07, 6.45) is 5.26. The van der Waals surface area contributed by atoms with Crippen LogP contribution in [-0.2, 0) is 13.0 Å². The van der Waals surface area contributed by atoms with Crippen molar-refractivity contribution < 1.29 is 14.6 Å². The number of hydrogen-bond donors (Lipinski definition) is 1. The van der Waals surface area contributed by atoms with Crippen molar-refractivity contribution in [3.05, 3.63) is 45.9 Å². The van der Waals surface area contributed by atoms with Gasteiger partial charge in [0.15, 0.2) is 4.88 Å². The Morgan fingerprint density at radius 1 is 1.53 bits per heavy atom. The van der Waals surface area contributed by atoms with Crippen LogP contribution in [0.25, 0.3) is 0 Å². The Labute approximate surface area is 115 Å². The highest BCUT2D eigenvalue weighted by molar-refractivity contribution is 7.14. The van der Waals surface area contributed by atoms with E-state index in [9.17, 15) is 4.79 Å². The molecule has 0 fully saturated rings. The van der Waals surface area contributed by atoms with Crippen molar-refractivity contribution in [3.8, 4) is 5.75 Å².